The smallest absolute Gasteiger partial charge is 0.0679 e. The summed E-state index contributed by atoms with van der Waals surface area (Å²) in [5.41, 5.74) is 2.26. The van der Waals surface area contributed by atoms with Crippen molar-refractivity contribution in [2.75, 3.05) is 13.1 Å². The van der Waals surface area contributed by atoms with E-state index in [9.17, 15) is 5.11 Å². The van der Waals surface area contributed by atoms with Gasteiger partial charge in [0, 0.05) is 31.4 Å². The molecule has 2 heterocycles. The maximum atomic E-state index is 9.50. The molecule has 0 saturated carbocycles. The van der Waals surface area contributed by atoms with Crippen molar-refractivity contribution in [3.8, 4) is 5.69 Å². The largest absolute Gasteiger partial charge is 0.392 e. The molecule has 94 valence electrons. The fraction of sp³-hybridized carbons (Fsp3) is 0.357. The van der Waals surface area contributed by atoms with Gasteiger partial charge in [-0.2, -0.15) is 5.10 Å². The molecule has 0 spiro atoms. The molecular formula is C14H17N3O. The molecule has 1 aromatic carbocycles. The topological polar surface area (TPSA) is 41.3 Å². The van der Waals surface area contributed by atoms with Crippen LogP contribution in [0.2, 0.25) is 0 Å². The fourth-order valence-electron chi connectivity index (χ4n) is 2.38. The van der Waals surface area contributed by atoms with Crippen LogP contribution >= 0.6 is 0 Å². The van der Waals surface area contributed by atoms with E-state index < -0.39 is 0 Å². The SMILES string of the molecule is O[C@@H]1CCN(Cc2cnn(-c3ccccc3)c2)C1. The molecule has 3 rings (SSSR count). The first-order valence-electron chi connectivity index (χ1n) is 6.30. The van der Waals surface area contributed by atoms with E-state index in [-0.39, 0.29) is 6.10 Å². The van der Waals surface area contributed by atoms with Gasteiger partial charge in [0.05, 0.1) is 18.0 Å². The van der Waals surface area contributed by atoms with Gasteiger partial charge in [-0.1, -0.05) is 18.2 Å². The van der Waals surface area contributed by atoms with Gasteiger partial charge in [0.15, 0.2) is 0 Å². The highest BCUT2D eigenvalue weighted by atomic mass is 16.3. The summed E-state index contributed by atoms with van der Waals surface area (Å²) in [4.78, 5) is 2.26. The lowest BCUT2D eigenvalue weighted by Gasteiger charge is -2.12. The lowest BCUT2D eigenvalue weighted by Crippen LogP contribution is -2.21. The average Bonchev–Trinajstić information content (AvgIpc) is 3.01. The van der Waals surface area contributed by atoms with Crippen molar-refractivity contribution in [1.29, 1.82) is 0 Å². The van der Waals surface area contributed by atoms with Crippen molar-refractivity contribution < 1.29 is 5.11 Å². The zero-order valence-corrected chi connectivity index (χ0v) is 10.2. The van der Waals surface area contributed by atoms with Gasteiger partial charge in [-0.05, 0) is 18.6 Å². The van der Waals surface area contributed by atoms with E-state index in [1.54, 1.807) is 0 Å². The Morgan fingerprint density at radius 2 is 2.11 bits per heavy atom. The molecule has 1 aliphatic rings. The van der Waals surface area contributed by atoms with Crippen LogP contribution < -0.4 is 0 Å². The van der Waals surface area contributed by atoms with E-state index in [4.69, 9.17) is 0 Å². The number of likely N-dealkylation sites (tertiary alicyclic amines) is 1. The summed E-state index contributed by atoms with van der Waals surface area (Å²) in [5, 5.41) is 13.9. The fourth-order valence-corrected chi connectivity index (χ4v) is 2.38. The molecule has 0 amide bonds. The van der Waals surface area contributed by atoms with Gasteiger partial charge in [-0.15, -0.1) is 0 Å². The van der Waals surface area contributed by atoms with Crippen LogP contribution in [0.25, 0.3) is 5.69 Å². The number of para-hydroxylation sites is 1. The van der Waals surface area contributed by atoms with Crippen LogP contribution in [0, 0.1) is 0 Å². The molecule has 1 N–H and O–H groups in total. The van der Waals surface area contributed by atoms with Crippen molar-refractivity contribution >= 4 is 0 Å². The first-order chi connectivity index (χ1) is 8.81. The molecular weight excluding hydrogens is 226 g/mol. The van der Waals surface area contributed by atoms with E-state index >= 15 is 0 Å². The van der Waals surface area contributed by atoms with E-state index in [1.165, 1.54) is 5.56 Å². The molecule has 1 aliphatic heterocycles. The van der Waals surface area contributed by atoms with Crippen LogP contribution in [0.4, 0.5) is 0 Å². The molecule has 0 aliphatic carbocycles. The summed E-state index contributed by atoms with van der Waals surface area (Å²) < 4.78 is 1.89. The minimum Gasteiger partial charge on any atom is -0.392 e. The molecule has 4 nitrogen and oxygen atoms in total. The normalized spacial score (nSPS) is 20.4. The zero-order valence-electron chi connectivity index (χ0n) is 10.2. The molecule has 1 saturated heterocycles. The monoisotopic (exact) mass is 243 g/mol. The van der Waals surface area contributed by atoms with Gasteiger partial charge in [-0.3, -0.25) is 4.90 Å². The van der Waals surface area contributed by atoms with Crippen LogP contribution in [0.3, 0.4) is 0 Å². The highest BCUT2D eigenvalue weighted by molar-refractivity contribution is 5.30. The molecule has 1 aromatic heterocycles. The number of hydrogen-bond donors (Lipinski definition) is 1. The second-order valence-corrected chi connectivity index (χ2v) is 4.81. The second-order valence-electron chi connectivity index (χ2n) is 4.81. The Balaban J connectivity index is 1.70. The highest BCUT2D eigenvalue weighted by Gasteiger charge is 2.20. The van der Waals surface area contributed by atoms with E-state index in [2.05, 4.69) is 16.2 Å². The standard InChI is InChI=1S/C14H17N3O/c18-14-6-7-16(11-14)9-12-8-15-17(10-12)13-4-2-1-3-5-13/h1-5,8,10,14,18H,6-7,9,11H2/t14-/m1/s1. The third kappa shape index (κ3) is 2.44. The molecule has 0 bridgehead atoms. The van der Waals surface area contributed by atoms with Gasteiger partial charge in [-0.25, -0.2) is 4.68 Å². The predicted molar refractivity (Wildman–Crippen MR) is 69.5 cm³/mol. The van der Waals surface area contributed by atoms with Crippen LogP contribution in [0.1, 0.15) is 12.0 Å². The van der Waals surface area contributed by atoms with E-state index in [1.807, 2.05) is 41.2 Å². The first-order valence-corrected chi connectivity index (χ1v) is 6.30. The number of aliphatic hydroxyl groups is 1. The molecule has 2 aromatic rings. The Bertz CT molecular complexity index is 509. The number of aliphatic hydroxyl groups excluding tert-OH is 1. The third-order valence-corrected chi connectivity index (χ3v) is 3.31. The molecule has 4 heteroatoms. The molecule has 18 heavy (non-hydrogen) atoms. The van der Waals surface area contributed by atoms with Gasteiger partial charge in [0.25, 0.3) is 0 Å². The van der Waals surface area contributed by atoms with Crippen LogP contribution in [0.15, 0.2) is 42.7 Å². The molecule has 0 radical (unpaired) electrons. The summed E-state index contributed by atoms with van der Waals surface area (Å²) in [5.74, 6) is 0. The molecule has 0 unspecified atom stereocenters. The number of nitrogens with zero attached hydrogens (tertiary/aromatic N) is 3. The van der Waals surface area contributed by atoms with Crippen LogP contribution in [-0.2, 0) is 6.54 Å². The van der Waals surface area contributed by atoms with Gasteiger partial charge in [0.1, 0.15) is 0 Å². The minimum absolute atomic E-state index is 0.158. The Morgan fingerprint density at radius 1 is 1.28 bits per heavy atom. The average molecular weight is 243 g/mol. The highest BCUT2D eigenvalue weighted by Crippen LogP contribution is 2.14. The second kappa shape index (κ2) is 4.92. The maximum absolute atomic E-state index is 9.50. The van der Waals surface area contributed by atoms with Gasteiger partial charge < -0.3 is 5.11 Å². The third-order valence-electron chi connectivity index (χ3n) is 3.31. The van der Waals surface area contributed by atoms with Crippen LogP contribution in [-0.4, -0.2) is 39.0 Å². The predicted octanol–water partition coefficient (Wildman–Crippen LogP) is 1.44. The number of rotatable bonds is 3. The molecule has 1 atom stereocenters. The summed E-state index contributed by atoms with van der Waals surface area (Å²) >= 11 is 0. The Labute approximate surface area is 106 Å². The maximum Gasteiger partial charge on any atom is 0.0679 e. The number of β-amino-alcohol motifs (C(OH)–C–C–N with tert-alkyl or cyclic N) is 1. The van der Waals surface area contributed by atoms with Crippen molar-refractivity contribution in [1.82, 2.24) is 14.7 Å². The number of hydrogen-bond acceptors (Lipinski definition) is 3. The number of benzene rings is 1. The minimum atomic E-state index is -0.158. The van der Waals surface area contributed by atoms with E-state index in [0.29, 0.717) is 0 Å². The van der Waals surface area contributed by atoms with E-state index in [0.717, 1.165) is 31.7 Å². The van der Waals surface area contributed by atoms with Crippen molar-refractivity contribution in [2.24, 2.45) is 0 Å². The summed E-state index contributed by atoms with van der Waals surface area (Å²) in [6.07, 6.45) is 4.68. The number of aromatic nitrogens is 2. The quantitative estimate of drug-likeness (QED) is 0.887. The van der Waals surface area contributed by atoms with Crippen molar-refractivity contribution in [3.63, 3.8) is 0 Å². The molecule has 1 fully saturated rings. The zero-order chi connectivity index (χ0) is 12.4. The summed E-state index contributed by atoms with van der Waals surface area (Å²) in [6.45, 7) is 2.61. The lowest BCUT2D eigenvalue weighted by atomic mass is 10.3. The summed E-state index contributed by atoms with van der Waals surface area (Å²) in [6, 6.07) is 10.1. The Morgan fingerprint density at radius 3 is 2.83 bits per heavy atom. The van der Waals surface area contributed by atoms with Gasteiger partial charge >= 0.3 is 0 Å². The van der Waals surface area contributed by atoms with Crippen molar-refractivity contribution in [2.45, 2.75) is 19.1 Å². The van der Waals surface area contributed by atoms with Crippen LogP contribution in [0.5, 0.6) is 0 Å². The Hall–Kier alpha value is -1.65. The lowest BCUT2D eigenvalue weighted by molar-refractivity contribution is 0.175. The van der Waals surface area contributed by atoms with Gasteiger partial charge in [0.2, 0.25) is 0 Å². The van der Waals surface area contributed by atoms with Crippen molar-refractivity contribution in [3.05, 3.63) is 48.3 Å². The first kappa shape index (κ1) is 11.4. The summed E-state index contributed by atoms with van der Waals surface area (Å²) in [7, 11) is 0. The Kier molecular flexibility index (Phi) is 3.13.